The smallest absolute Gasteiger partial charge is 0.147 e. The van der Waals surface area contributed by atoms with Gasteiger partial charge in [-0.2, -0.15) is 0 Å². The van der Waals surface area contributed by atoms with Crippen LogP contribution in [0.25, 0.3) is 0 Å². The molecule has 5 heteroatoms. The molecular formula is C13H16Cl3OTi. The number of hydrogen-bond donors (Lipinski definition) is 0. The fourth-order valence-electron chi connectivity index (χ4n) is 1.67. The van der Waals surface area contributed by atoms with Crippen molar-refractivity contribution in [3.05, 3.63) is 51.9 Å². The molecule has 1 aromatic rings. The van der Waals surface area contributed by atoms with Gasteiger partial charge in [-0.3, -0.25) is 0 Å². The summed E-state index contributed by atoms with van der Waals surface area (Å²) in [4.78, 5) is 0. The summed E-state index contributed by atoms with van der Waals surface area (Å²) in [7, 11) is 0. The summed E-state index contributed by atoms with van der Waals surface area (Å²) in [5.74, 6) is 0.936. The van der Waals surface area contributed by atoms with E-state index in [9.17, 15) is 0 Å². The van der Waals surface area contributed by atoms with E-state index in [1.54, 1.807) is 0 Å². The van der Waals surface area contributed by atoms with Crippen LogP contribution in [0.15, 0.2) is 51.9 Å². The van der Waals surface area contributed by atoms with Crippen LogP contribution in [0.4, 0.5) is 0 Å². The van der Waals surface area contributed by atoms with Crippen molar-refractivity contribution in [3.8, 4) is 5.75 Å². The summed E-state index contributed by atoms with van der Waals surface area (Å²) >= 11 is 2.17. The molecule has 0 heterocycles. The van der Waals surface area contributed by atoms with Gasteiger partial charge in [-0.05, 0) is 0 Å². The monoisotopic (exact) mass is 341 g/mol. The van der Waals surface area contributed by atoms with E-state index < -0.39 is 0 Å². The summed E-state index contributed by atoms with van der Waals surface area (Å²) in [6.07, 6.45) is 5.57. The summed E-state index contributed by atoms with van der Waals surface area (Å²) < 4.78 is 7.27. The molecule has 1 nitrogen and oxygen atoms in total. The predicted molar refractivity (Wildman–Crippen MR) is 79.1 cm³/mol. The molecule has 0 N–H and O–H groups in total. The fraction of sp³-hybridized carbons (Fsp3) is 0.231. The number of allylic oxidation sites excluding steroid dienone is 2. The predicted octanol–water partition coefficient (Wildman–Crippen LogP) is 4.48. The van der Waals surface area contributed by atoms with Gasteiger partial charge in [0.25, 0.3) is 0 Å². The SMILES string of the molecule is CC(Oc1ccccc1)C1=[C]([Ti])CC=C1.Cl.Cl.Cl. The Hall–Kier alpha value is 0.0843. The minimum absolute atomic E-state index is 0. The largest absolute Gasteiger partial charge is 0.147 e. The molecule has 1 atom stereocenters. The van der Waals surface area contributed by atoms with Gasteiger partial charge < -0.3 is 0 Å². The standard InChI is InChI=1S/C13H13O.3ClH.Ti/c1-11(12-7-5-6-8-12)14-13-9-3-2-4-10-13;;;;/h2-5,7,9-11H,6H2,1H3;3*1H;. The van der Waals surface area contributed by atoms with E-state index in [0.29, 0.717) is 0 Å². The molecule has 0 aliphatic heterocycles. The zero-order valence-corrected chi connectivity index (χ0v) is 14.0. The van der Waals surface area contributed by atoms with Crippen LogP contribution in [0.3, 0.4) is 0 Å². The molecular weight excluding hydrogens is 326 g/mol. The molecule has 18 heavy (non-hydrogen) atoms. The zero-order valence-electron chi connectivity index (χ0n) is 9.96. The van der Waals surface area contributed by atoms with Crippen LogP contribution in [-0.4, -0.2) is 6.10 Å². The van der Waals surface area contributed by atoms with Crippen molar-refractivity contribution in [1.29, 1.82) is 0 Å². The molecule has 1 aromatic carbocycles. The molecule has 0 fully saturated rings. The van der Waals surface area contributed by atoms with E-state index in [2.05, 4.69) is 39.5 Å². The second kappa shape index (κ2) is 9.94. The van der Waals surface area contributed by atoms with Crippen molar-refractivity contribution in [2.75, 3.05) is 0 Å². The molecule has 0 amide bonds. The van der Waals surface area contributed by atoms with Crippen LogP contribution in [0.2, 0.25) is 0 Å². The number of benzene rings is 1. The number of para-hydroxylation sites is 1. The molecule has 0 bridgehead atoms. The van der Waals surface area contributed by atoms with Crippen LogP contribution < -0.4 is 4.74 Å². The number of ether oxygens (including phenoxy) is 1. The first-order valence-corrected chi connectivity index (χ1v) is 5.88. The average molecular weight is 342 g/mol. The van der Waals surface area contributed by atoms with Gasteiger partial charge in [0.05, 0.1) is 0 Å². The third-order valence-electron chi connectivity index (χ3n) is 2.46. The van der Waals surface area contributed by atoms with Crippen LogP contribution >= 0.6 is 37.2 Å². The molecule has 1 aliphatic carbocycles. The van der Waals surface area contributed by atoms with Gasteiger partial charge in [-0.25, -0.2) is 0 Å². The van der Waals surface area contributed by atoms with Crippen molar-refractivity contribution in [2.24, 2.45) is 0 Å². The quantitative estimate of drug-likeness (QED) is 0.736. The molecule has 0 saturated carbocycles. The topological polar surface area (TPSA) is 9.23 Å². The number of hydrogen-bond acceptors (Lipinski definition) is 1. The zero-order chi connectivity index (χ0) is 10.7. The fourth-order valence-corrected chi connectivity index (χ4v) is 2.30. The third-order valence-corrected chi connectivity index (χ3v) is 3.23. The maximum Gasteiger partial charge on any atom is -0.147 e. The second-order valence-corrected chi connectivity index (χ2v) is 4.56. The van der Waals surface area contributed by atoms with E-state index in [4.69, 9.17) is 4.74 Å². The summed E-state index contributed by atoms with van der Waals surface area (Å²) in [5, 5.41) is 0. The Kier molecular flexibility index (Phi) is 11.3. The Morgan fingerprint density at radius 3 is 2.22 bits per heavy atom. The van der Waals surface area contributed by atoms with Crippen molar-refractivity contribution in [1.82, 2.24) is 0 Å². The summed E-state index contributed by atoms with van der Waals surface area (Å²) in [5.41, 5.74) is 1.32. The second-order valence-electron chi connectivity index (χ2n) is 3.61. The molecule has 0 saturated heterocycles. The van der Waals surface area contributed by atoms with E-state index in [1.807, 2.05) is 30.3 Å². The minimum Gasteiger partial charge on any atom is -0.147 e. The van der Waals surface area contributed by atoms with Crippen LogP contribution in [0.1, 0.15) is 13.3 Å². The van der Waals surface area contributed by atoms with E-state index >= 15 is 0 Å². The molecule has 2 rings (SSSR count). The number of rotatable bonds is 3. The molecule has 99 valence electrons. The third kappa shape index (κ3) is 5.38. The first-order chi connectivity index (χ1) is 7.27. The Balaban J connectivity index is 0. The first kappa shape index (κ1) is 20.4. The van der Waals surface area contributed by atoms with Crippen LogP contribution in [0, 0.1) is 0 Å². The molecule has 0 radical (unpaired) electrons. The Morgan fingerprint density at radius 1 is 1.11 bits per heavy atom. The van der Waals surface area contributed by atoms with Crippen LogP contribution in [-0.2, 0) is 20.4 Å². The van der Waals surface area contributed by atoms with Crippen molar-refractivity contribution < 1.29 is 25.2 Å². The Labute approximate surface area is 139 Å². The van der Waals surface area contributed by atoms with E-state index in [0.717, 1.165) is 12.2 Å². The van der Waals surface area contributed by atoms with Gasteiger partial charge in [-0.1, -0.05) is 0 Å². The summed E-state index contributed by atoms with van der Waals surface area (Å²) in [6, 6.07) is 9.97. The van der Waals surface area contributed by atoms with Gasteiger partial charge in [0.2, 0.25) is 0 Å². The maximum atomic E-state index is 5.86. The van der Waals surface area contributed by atoms with Gasteiger partial charge in [-0.15, -0.1) is 37.2 Å². The van der Waals surface area contributed by atoms with Crippen molar-refractivity contribution in [2.45, 2.75) is 19.4 Å². The van der Waals surface area contributed by atoms with E-state index in [-0.39, 0.29) is 43.3 Å². The van der Waals surface area contributed by atoms with Crippen molar-refractivity contribution in [3.63, 3.8) is 0 Å². The van der Waals surface area contributed by atoms with Gasteiger partial charge >= 0.3 is 102 Å². The average Bonchev–Trinajstić information content (AvgIpc) is 2.66. The van der Waals surface area contributed by atoms with Gasteiger partial charge in [0.15, 0.2) is 0 Å². The molecule has 0 spiro atoms. The Morgan fingerprint density at radius 2 is 1.72 bits per heavy atom. The van der Waals surface area contributed by atoms with E-state index in [1.165, 1.54) is 9.45 Å². The first-order valence-electron chi connectivity index (χ1n) is 5.10. The van der Waals surface area contributed by atoms with Gasteiger partial charge in [0.1, 0.15) is 0 Å². The molecule has 0 aromatic heterocycles. The molecule has 1 unspecified atom stereocenters. The minimum atomic E-state index is 0. The normalized spacial score (nSPS) is 14.0. The van der Waals surface area contributed by atoms with Crippen molar-refractivity contribution >= 4 is 37.2 Å². The maximum absolute atomic E-state index is 5.86. The number of halogens is 3. The van der Waals surface area contributed by atoms with Gasteiger partial charge in [0, 0.05) is 0 Å². The molecule has 1 aliphatic rings. The summed E-state index contributed by atoms with van der Waals surface area (Å²) in [6.45, 7) is 2.10. The Bertz CT molecular complexity index is 404. The van der Waals surface area contributed by atoms with Crippen LogP contribution in [0.5, 0.6) is 5.75 Å².